The van der Waals surface area contributed by atoms with Crippen molar-refractivity contribution in [3.05, 3.63) is 0 Å². The molecule has 0 aliphatic carbocycles. The van der Waals surface area contributed by atoms with Gasteiger partial charge in [-0.15, -0.1) is 0 Å². The molecule has 0 aliphatic heterocycles. The Morgan fingerprint density at radius 2 is 1.14 bits per heavy atom. The van der Waals surface area contributed by atoms with Crippen LogP contribution in [-0.4, -0.2) is 60.1 Å². The maximum atomic E-state index is 11.3. The highest BCUT2D eigenvalue weighted by Gasteiger charge is 2.33. The number of esters is 2. The first-order valence-corrected chi connectivity index (χ1v) is 6.26. The molecule has 0 saturated heterocycles. The SMILES string of the molecule is CC(=O)CC(=O)OCC(CO)(CO)COC(=O)CC(C)=O. The van der Waals surface area contributed by atoms with Gasteiger partial charge < -0.3 is 19.7 Å². The molecule has 0 aromatic rings. The molecule has 0 spiro atoms. The minimum Gasteiger partial charge on any atom is -0.464 e. The number of ether oxygens (including phenoxy) is 2. The molecule has 8 heteroatoms. The Morgan fingerprint density at radius 1 is 0.810 bits per heavy atom. The molecule has 0 atom stereocenters. The summed E-state index contributed by atoms with van der Waals surface area (Å²) in [7, 11) is 0. The second-order valence-corrected chi connectivity index (χ2v) is 4.90. The lowest BCUT2D eigenvalue weighted by atomic mass is 9.92. The van der Waals surface area contributed by atoms with Crippen LogP contribution in [0.3, 0.4) is 0 Å². The summed E-state index contributed by atoms with van der Waals surface area (Å²) in [5.74, 6) is -2.37. The van der Waals surface area contributed by atoms with E-state index in [1.165, 1.54) is 13.8 Å². The van der Waals surface area contributed by atoms with E-state index in [9.17, 15) is 29.4 Å². The fourth-order valence-corrected chi connectivity index (χ4v) is 1.25. The van der Waals surface area contributed by atoms with Crippen LogP contribution < -0.4 is 0 Å². The van der Waals surface area contributed by atoms with E-state index in [0.29, 0.717) is 0 Å². The Bertz CT molecular complexity index is 363. The maximum absolute atomic E-state index is 11.3. The lowest BCUT2D eigenvalue weighted by Crippen LogP contribution is -2.41. The number of carbonyl (C=O) groups is 4. The molecule has 0 saturated carbocycles. The molecule has 0 rings (SSSR count). The Kier molecular flexibility index (Phi) is 8.41. The topological polar surface area (TPSA) is 127 Å². The van der Waals surface area contributed by atoms with Crippen molar-refractivity contribution in [1.82, 2.24) is 0 Å². The third-order valence-corrected chi connectivity index (χ3v) is 2.54. The van der Waals surface area contributed by atoms with Crippen LogP contribution in [-0.2, 0) is 28.7 Å². The lowest BCUT2D eigenvalue weighted by molar-refractivity contribution is -0.159. The predicted octanol–water partition coefficient (Wildman–Crippen LogP) is -0.998. The summed E-state index contributed by atoms with van der Waals surface area (Å²) in [6.07, 6.45) is -0.839. The van der Waals surface area contributed by atoms with Gasteiger partial charge in [-0.2, -0.15) is 0 Å². The number of hydrogen-bond donors (Lipinski definition) is 2. The number of Topliss-reactive ketones (excluding diaryl/α,β-unsaturated/α-hetero) is 2. The molecule has 0 amide bonds. The highest BCUT2D eigenvalue weighted by atomic mass is 16.6. The minimum atomic E-state index is -1.38. The Labute approximate surface area is 122 Å². The molecule has 0 fully saturated rings. The van der Waals surface area contributed by atoms with Crippen LogP contribution in [0.25, 0.3) is 0 Å². The van der Waals surface area contributed by atoms with Gasteiger partial charge in [0.05, 0.1) is 18.6 Å². The number of hydrogen-bond acceptors (Lipinski definition) is 8. The van der Waals surface area contributed by atoms with E-state index >= 15 is 0 Å². The first-order chi connectivity index (χ1) is 9.74. The number of carbonyl (C=O) groups excluding carboxylic acids is 4. The van der Waals surface area contributed by atoms with Crippen LogP contribution in [0.2, 0.25) is 0 Å². The highest BCUT2D eigenvalue weighted by molar-refractivity contribution is 5.94. The van der Waals surface area contributed by atoms with Gasteiger partial charge in [-0.3, -0.25) is 19.2 Å². The number of aliphatic hydroxyl groups excluding tert-OH is 2. The summed E-state index contributed by atoms with van der Waals surface area (Å²) in [5, 5.41) is 18.6. The third kappa shape index (κ3) is 8.16. The van der Waals surface area contributed by atoms with Gasteiger partial charge in [0.15, 0.2) is 0 Å². The smallest absolute Gasteiger partial charge is 0.313 e. The van der Waals surface area contributed by atoms with Gasteiger partial charge in [0.25, 0.3) is 0 Å². The van der Waals surface area contributed by atoms with Crippen molar-refractivity contribution in [3.8, 4) is 0 Å². The molecule has 0 aliphatic rings. The fraction of sp³-hybridized carbons (Fsp3) is 0.692. The van der Waals surface area contributed by atoms with Crippen LogP contribution in [0.5, 0.6) is 0 Å². The molecule has 0 aromatic carbocycles. The van der Waals surface area contributed by atoms with E-state index < -0.39 is 56.6 Å². The third-order valence-electron chi connectivity index (χ3n) is 2.54. The van der Waals surface area contributed by atoms with Gasteiger partial charge in [-0.05, 0) is 13.8 Å². The van der Waals surface area contributed by atoms with Crippen molar-refractivity contribution in [3.63, 3.8) is 0 Å². The monoisotopic (exact) mass is 304 g/mol. The van der Waals surface area contributed by atoms with E-state index in [0.717, 1.165) is 0 Å². The predicted molar refractivity (Wildman–Crippen MR) is 69.1 cm³/mol. The summed E-state index contributed by atoms with van der Waals surface area (Å²) in [6.45, 7) is 0.388. The standard InChI is InChI=1S/C13H20O8/c1-9(16)3-11(18)20-7-13(5-14,6-15)8-21-12(19)4-10(2)17/h14-15H,3-8H2,1-2H3. The van der Waals surface area contributed by atoms with Gasteiger partial charge in [-0.25, -0.2) is 0 Å². The van der Waals surface area contributed by atoms with E-state index in [2.05, 4.69) is 0 Å². The number of rotatable bonds is 10. The van der Waals surface area contributed by atoms with Gasteiger partial charge in [0, 0.05) is 0 Å². The van der Waals surface area contributed by atoms with Crippen molar-refractivity contribution < 1.29 is 38.9 Å². The minimum absolute atomic E-state index is 0.383. The normalized spacial score (nSPS) is 10.9. The number of ketones is 2. The van der Waals surface area contributed by atoms with Crippen LogP contribution in [0.1, 0.15) is 26.7 Å². The van der Waals surface area contributed by atoms with Gasteiger partial charge >= 0.3 is 11.9 Å². The molecule has 0 bridgehead atoms. The molecule has 0 radical (unpaired) electrons. The van der Waals surface area contributed by atoms with Gasteiger partial charge in [0.1, 0.15) is 37.6 Å². The van der Waals surface area contributed by atoms with Crippen molar-refractivity contribution in [2.75, 3.05) is 26.4 Å². The second kappa shape index (κ2) is 9.19. The highest BCUT2D eigenvalue weighted by Crippen LogP contribution is 2.18. The van der Waals surface area contributed by atoms with Crippen LogP contribution in [0.4, 0.5) is 0 Å². The molecule has 120 valence electrons. The summed E-state index contributed by atoms with van der Waals surface area (Å²) >= 11 is 0. The molecular weight excluding hydrogens is 284 g/mol. The van der Waals surface area contributed by atoms with Gasteiger partial charge in [-0.1, -0.05) is 0 Å². The van der Waals surface area contributed by atoms with Crippen LogP contribution >= 0.6 is 0 Å². The summed E-state index contributed by atoms with van der Waals surface area (Å²) in [5.41, 5.74) is -1.38. The average molecular weight is 304 g/mol. The summed E-state index contributed by atoms with van der Waals surface area (Å²) in [6, 6.07) is 0. The molecule has 0 unspecified atom stereocenters. The van der Waals surface area contributed by atoms with Crippen LogP contribution in [0.15, 0.2) is 0 Å². The second-order valence-electron chi connectivity index (χ2n) is 4.90. The quantitative estimate of drug-likeness (QED) is 0.389. The largest absolute Gasteiger partial charge is 0.464 e. The van der Waals surface area contributed by atoms with Crippen LogP contribution in [0, 0.1) is 5.41 Å². The Hall–Kier alpha value is -1.80. The zero-order valence-corrected chi connectivity index (χ0v) is 12.1. The Morgan fingerprint density at radius 3 is 1.38 bits per heavy atom. The molecule has 2 N–H and O–H groups in total. The maximum Gasteiger partial charge on any atom is 0.313 e. The molecular formula is C13H20O8. The lowest BCUT2D eigenvalue weighted by Gasteiger charge is -2.28. The first kappa shape index (κ1) is 19.2. The van der Waals surface area contributed by atoms with Crippen molar-refractivity contribution >= 4 is 23.5 Å². The summed E-state index contributed by atoms with van der Waals surface area (Å²) < 4.78 is 9.55. The Balaban J connectivity index is 4.48. The van der Waals surface area contributed by atoms with E-state index in [-0.39, 0.29) is 11.6 Å². The zero-order chi connectivity index (χ0) is 16.5. The zero-order valence-electron chi connectivity index (χ0n) is 12.1. The molecule has 0 aromatic heterocycles. The average Bonchev–Trinajstić information content (AvgIpc) is 2.38. The fourth-order valence-electron chi connectivity index (χ4n) is 1.25. The first-order valence-electron chi connectivity index (χ1n) is 6.26. The van der Waals surface area contributed by atoms with Crippen molar-refractivity contribution in [2.24, 2.45) is 5.41 Å². The van der Waals surface area contributed by atoms with Gasteiger partial charge in [0.2, 0.25) is 0 Å². The van der Waals surface area contributed by atoms with Crippen molar-refractivity contribution in [1.29, 1.82) is 0 Å². The molecule has 0 heterocycles. The van der Waals surface area contributed by atoms with E-state index in [1.807, 2.05) is 0 Å². The molecule has 8 nitrogen and oxygen atoms in total. The van der Waals surface area contributed by atoms with Crippen molar-refractivity contribution in [2.45, 2.75) is 26.7 Å². The number of aliphatic hydroxyl groups is 2. The van der Waals surface area contributed by atoms with E-state index in [4.69, 9.17) is 9.47 Å². The molecule has 21 heavy (non-hydrogen) atoms. The van der Waals surface area contributed by atoms with E-state index in [1.54, 1.807) is 0 Å². The summed E-state index contributed by atoms with van der Waals surface area (Å²) in [4.78, 5) is 44.0.